The average Bonchev–Trinajstić information content (AvgIpc) is 2.89. The number of H-pyrrole nitrogens is 1. The number of nitrogens with one attached hydrogen (secondary N) is 1. The summed E-state index contributed by atoms with van der Waals surface area (Å²) < 4.78 is 10.1. The van der Waals surface area contributed by atoms with Crippen molar-refractivity contribution in [1.29, 1.82) is 0 Å². The third-order valence-electron chi connectivity index (χ3n) is 3.21. The molecule has 0 aliphatic heterocycles. The number of ether oxygens (including phenoxy) is 2. The third kappa shape index (κ3) is 3.50. The second-order valence-electron chi connectivity index (χ2n) is 4.66. The molecule has 0 unspecified atom stereocenters. The maximum absolute atomic E-state index is 12.6. The first-order chi connectivity index (χ1) is 10.2. The molecular weight excluding hydrogens is 272 g/mol. The summed E-state index contributed by atoms with van der Waals surface area (Å²) in [6, 6.07) is 5.32. The van der Waals surface area contributed by atoms with E-state index in [2.05, 4.69) is 10.2 Å². The van der Waals surface area contributed by atoms with Gasteiger partial charge in [-0.05, 0) is 18.2 Å². The number of fused-ring (bicyclic) bond motifs is 1. The van der Waals surface area contributed by atoms with Gasteiger partial charge in [-0.15, -0.1) is 0 Å². The van der Waals surface area contributed by atoms with E-state index < -0.39 is 0 Å². The van der Waals surface area contributed by atoms with Gasteiger partial charge in [-0.1, -0.05) is 0 Å². The molecule has 7 heteroatoms. The van der Waals surface area contributed by atoms with Crippen LogP contribution in [-0.4, -0.2) is 61.5 Å². The zero-order chi connectivity index (χ0) is 15.2. The van der Waals surface area contributed by atoms with E-state index in [9.17, 15) is 4.79 Å². The highest BCUT2D eigenvalue weighted by Gasteiger charge is 2.20. The number of anilines is 1. The molecule has 0 bridgehead atoms. The monoisotopic (exact) mass is 292 g/mol. The molecule has 114 valence electrons. The van der Waals surface area contributed by atoms with Crippen molar-refractivity contribution in [3.8, 4) is 0 Å². The van der Waals surface area contributed by atoms with Crippen LogP contribution < -0.4 is 5.73 Å². The normalized spacial score (nSPS) is 11.0. The summed E-state index contributed by atoms with van der Waals surface area (Å²) >= 11 is 0. The topological polar surface area (TPSA) is 93.5 Å². The molecule has 1 aromatic heterocycles. The summed E-state index contributed by atoms with van der Waals surface area (Å²) in [6.07, 6.45) is 0. The van der Waals surface area contributed by atoms with E-state index in [0.717, 1.165) is 10.9 Å². The summed E-state index contributed by atoms with van der Waals surface area (Å²) in [5, 5.41) is 7.69. The lowest BCUT2D eigenvalue weighted by molar-refractivity contribution is 0.0623. The molecule has 2 rings (SSSR count). The Morgan fingerprint density at radius 1 is 1.29 bits per heavy atom. The highest BCUT2D eigenvalue weighted by Crippen LogP contribution is 2.20. The van der Waals surface area contributed by atoms with E-state index in [4.69, 9.17) is 15.2 Å². The Balaban J connectivity index is 2.26. The maximum Gasteiger partial charge on any atom is 0.275 e. The van der Waals surface area contributed by atoms with Gasteiger partial charge in [0.15, 0.2) is 5.69 Å². The first-order valence-corrected chi connectivity index (χ1v) is 6.68. The number of aromatic nitrogens is 2. The zero-order valence-corrected chi connectivity index (χ0v) is 12.3. The highest BCUT2D eigenvalue weighted by atomic mass is 16.5. The van der Waals surface area contributed by atoms with Gasteiger partial charge >= 0.3 is 0 Å². The molecule has 1 heterocycles. The highest BCUT2D eigenvalue weighted by molar-refractivity contribution is 6.05. The number of methoxy groups -OCH3 is 2. The van der Waals surface area contributed by atoms with Crippen LogP contribution in [0.15, 0.2) is 18.2 Å². The Kier molecular flexibility index (Phi) is 5.13. The number of rotatable bonds is 7. The van der Waals surface area contributed by atoms with Crippen molar-refractivity contribution in [1.82, 2.24) is 15.1 Å². The van der Waals surface area contributed by atoms with Crippen LogP contribution in [0.25, 0.3) is 10.9 Å². The summed E-state index contributed by atoms with van der Waals surface area (Å²) in [5.74, 6) is -0.166. The SMILES string of the molecule is COCCN(CCOC)C(=O)c1n[nH]c2ccc(N)cc12. The Morgan fingerprint density at radius 3 is 2.57 bits per heavy atom. The minimum absolute atomic E-state index is 0.166. The smallest absolute Gasteiger partial charge is 0.275 e. The minimum atomic E-state index is -0.166. The largest absolute Gasteiger partial charge is 0.399 e. The van der Waals surface area contributed by atoms with E-state index in [1.807, 2.05) is 6.07 Å². The fourth-order valence-electron chi connectivity index (χ4n) is 2.06. The minimum Gasteiger partial charge on any atom is -0.399 e. The van der Waals surface area contributed by atoms with Crippen molar-refractivity contribution in [2.45, 2.75) is 0 Å². The average molecular weight is 292 g/mol. The first kappa shape index (κ1) is 15.3. The molecule has 7 nitrogen and oxygen atoms in total. The van der Waals surface area contributed by atoms with Gasteiger partial charge in [0.1, 0.15) is 0 Å². The number of carbonyl (C=O) groups excluding carboxylic acids is 1. The van der Waals surface area contributed by atoms with Crippen molar-refractivity contribution in [2.75, 3.05) is 46.3 Å². The van der Waals surface area contributed by atoms with Crippen LogP contribution in [0.5, 0.6) is 0 Å². The number of nitrogens with two attached hydrogens (primary N) is 1. The number of nitrogen functional groups attached to an aromatic ring is 1. The lowest BCUT2D eigenvalue weighted by Crippen LogP contribution is -2.36. The summed E-state index contributed by atoms with van der Waals surface area (Å²) in [7, 11) is 3.20. The van der Waals surface area contributed by atoms with Gasteiger partial charge < -0.3 is 20.1 Å². The van der Waals surface area contributed by atoms with Crippen LogP contribution in [-0.2, 0) is 9.47 Å². The molecule has 0 aliphatic carbocycles. The number of aromatic amines is 1. The van der Waals surface area contributed by atoms with Crippen molar-refractivity contribution in [3.05, 3.63) is 23.9 Å². The standard InChI is InChI=1S/C14H20N4O3/c1-20-7-5-18(6-8-21-2)14(19)13-11-9-10(15)3-4-12(11)16-17-13/h3-4,9H,5-8,15H2,1-2H3,(H,16,17). The lowest BCUT2D eigenvalue weighted by Gasteiger charge is -2.21. The van der Waals surface area contributed by atoms with Crippen LogP contribution in [0.2, 0.25) is 0 Å². The molecule has 0 saturated heterocycles. The molecule has 0 spiro atoms. The number of nitrogens with zero attached hydrogens (tertiary/aromatic N) is 2. The molecule has 0 aliphatic rings. The summed E-state index contributed by atoms with van der Waals surface area (Å²) in [5.41, 5.74) is 7.53. The predicted octanol–water partition coefficient (Wildman–Crippen LogP) is 0.880. The molecule has 3 N–H and O–H groups in total. The second kappa shape index (κ2) is 7.05. The molecule has 0 atom stereocenters. The molecular formula is C14H20N4O3. The Morgan fingerprint density at radius 2 is 1.95 bits per heavy atom. The fourth-order valence-corrected chi connectivity index (χ4v) is 2.06. The van der Waals surface area contributed by atoms with E-state index in [-0.39, 0.29) is 5.91 Å². The second-order valence-corrected chi connectivity index (χ2v) is 4.66. The van der Waals surface area contributed by atoms with Crippen molar-refractivity contribution < 1.29 is 14.3 Å². The van der Waals surface area contributed by atoms with Gasteiger partial charge in [0.2, 0.25) is 0 Å². The van der Waals surface area contributed by atoms with Gasteiger partial charge in [-0.3, -0.25) is 9.89 Å². The maximum atomic E-state index is 12.6. The zero-order valence-electron chi connectivity index (χ0n) is 12.3. The summed E-state index contributed by atoms with van der Waals surface area (Å²) in [4.78, 5) is 14.3. The molecule has 1 amide bonds. The van der Waals surface area contributed by atoms with Gasteiger partial charge in [0.25, 0.3) is 5.91 Å². The van der Waals surface area contributed by atoms with E-state index in [0.29, 0.717) is 37.7 Å². The van der Waals surface area contributed by atoms with Crippen molar-refractivity contribution in [3.63, 3.8) is 0 Å². The third-order valence-corrected chi connectivity index (χ3v) is 3.21. The number of benzene rings is 1. The number of hydrogen-bond donors (Lipinski definition) is 2. The molecule has 0 fully saturated rings. The molecule has 0 saturated carbocycles. The van der Waals surface area contributed by atoms with Crippen LogP contribution in [0, 0.1) is 0 Å². The fraction of sp³-hybridized carbons (Fsp3) is 0.429. The van der Waals surface area contributed by atoms with Gasteiger partial charge in [-0.25, -0.2) is 0 Å². The lowest BCUT2D eigenvalue weighted by atomic mass is 10.1. The van der Waals surface area contributed by atoms with Crippen LogP contribution >= 0.6 is 0 Å². The number of hydrogen-bond acceptors (Lipinski definition) is 5. The van der Waals surface area contributed by atoms with E-state index in [1.54, 1.807) is 31.3 Å². The Hall–Kier alpha value is -2.12. The molecule has 2 aromatic rings. The number of carbonyl (C=O) groups is 1. The predicted molar refractivity (Wildman–Crippen MR) is 80.2 cm³/mol. The van der Waals surface area contributed by atoms with Crippen molar-refractivity contribution in [2.24, 2.45) is 0 Å². The number of amides is 1. The quantitative estimate of drug-likeness (QED) is 0.739. The van der Waals surface area contributed by atoms with Crippen molar-refractivity contribution >= 4 is 22.5 Å². The van der Waals surface area contributed by atoms with Crippen LogP contribution in [0.1, 0.15) is 10.5 Å². The molecule has 1 aromatic carbocycles. The molecule has 0 radical (unpaired) electrons. The van der Waals surface area contributed by atoms with Gasteiger partial charge in [0.05, 0.1) is 18.7 Å². The summed E-state index contributed by atoms with van der Waals surface area (Å²) in [6.45, 7) is 1.88. The van der Waals surface area contributed by atoms with Crippen LogP contribution in [0.4, 0.5) is 5.69 Å². The Labute approximate surface area is 123 Å². The van der Waals surface area contributed by atoms with E-state index in [1.165, 1.54) is 0 Å². The van der Waals surface area contributed by atoms with Gasteiger partial charge in [0, 0.05) is 38.4 Å². The molecule has 21 heavy (non-hydrogen) atoms. The first-order valence-electron chi connectivity index (χ1n) is 6.68. The van der Waals surface area contributed by atoms with E-state index >= 15 is 0 Å². The Bertz CT molecular complexity index is 603. The van der Waals surface area contributed by atoms with Gasteiger partial charge in [-0.2, -0.15) is 5.10 Å². The van der Waals surface area contributed by atoms with Crippen LogP contribution in [0.3, 0.4) is 0 Å².